The molecule has 1 N–H and O–H groups in total. The number of ether oxygens (including phenoxy) is 1. The number of hydrogen-bond acceptors (Lipinski definition) is 5. The second-order valence-corrected chi connectivity index (χ2v) is 10.9. The van der Waals surface area contributed by atoms with E-state index in [0.717, 1.165) is 27.3 Å². The smallest absolute Gasteiger partial charge is 0.244 e. The maximum absolute atomic E-state index is 13.8. The van der Waals surface area contributed by atoms with Crippen LogP contribution in [0, 0.1) is 13.8 Å². The van der Waals surface area contributed by atoms with Crippen molar-refractivity contribution < 1.29 is 22.7 Å². The molecule has 192 valence electrons. The zero-order chi connectivity index (χ0) is 26.3. The lowest BCUT2D eigenvalue weighted by Gasteiger charge is -2.33. The number of rotatable bonds is 11. The van der Waals surface area contributed by atoms with E-state index in [2.05, 4.69) is 5.32 Å². The Balaban J connectivity index is 2.53. The topological polar surface area (TPSA) is 96.0 Å². The first-order chi connectivity index (χ1) is 16.4. The maximum Gasteiger partial charge on any atom is 0.244 e. The van der Waals surface area contributed by atoms with Gasteiger partial charge in [0.2, 0.25) is 21.8 Å². The molecule has 8 nitrogen and oxygen atoms in total. The zero-order valence-electron chi connectivity index (χ0n) is 21.7. The number of anilines is 1. The summed E-state index contributed by atoms with van der Waals surface area (Å²) in [5, 5.41) is 2.89. The number of nitrogens with one attached hydrogen (secondary N) is 1. The summed E-state index contributed by atoms with van der Waals surface area (Å²) in [6.45, 7) is 9.03. The van der Waals surface area contributed by atoms with Crippen molar-refractivity contribution in [3.8, 4) is 5.75 Å². The molecule has 0 aromatic heterocycles. The van der Waals surface area contributed by atoms with E-state index in [-0.39, 0.29) is 24.2 Å². The van der Waals surface area contributed by atoms with Gasteiger partial charge in [0.05, 0.1) is 19.1 Å². The van der Waals surface area contributed by atoms with Crippen LogP contribution < -0.4 is 14.4 Å². The lowest BCUT2D eigenvalue weighted by atomic mass is 10.1. The standard InChI is InChI=1S/C26H37N3O5S/c1-8-22(26(31)27-18(2)3)28(16-21-12-10-9-11-20(21)5)25(30)17-29(35(7,32)33)23-15-19(4)13-14-24(23)34-6/h9-15,18,22H,8,16-17H2,1-7H3,(H,27,31)/t22-/m0/s1. The number of nitrogens with zero attached hydrogens (tertiary/aromatic N) is 2. The highest BCUT2D eigenvalue weighted by Crippen LogP contribution is 2.31. The number of methoxy groups -OCH3 is 1. The van der Waals surface area contributed by atoms with Gasteiger partial charge in [-0.25, -0.2) is 8.42 Å². The molecule has 2 amide bonds. The molecule has 9 heteroatoms. The van der Waals surface area contributed by atoms with E-state index >= 15 is 0 Å². The van der Waals surface area contributed by atoms with Gasteiger partial charge in [-0.15, -0.1) is 0 Å². The Morgan fingerprint density at radius 3 is 2.29 bits per heavy atom. The average molecular weight is 504 g/mol. The van der Waals surface area contributed by atoms with Crippen LogP contribution in [-0.2, 0) is 26.2 Å². The van der Waals surface area contributed by atoms with Crippen LogP contribution in [0.1, 0.15) is 43.9 Å². The van der Waals surface area contributed by atoms with Crippen molar-refractivity contribution in [2.75, 3.05) is 24.2 Å². The molecule has 0 aliphatic heterocycles. The molecular weight excluding hydrogens is 466 g/mol. The fourth-order valence-electron chi connectivity index (χ4n) is 3.86. The molecule has 0 saturated heterocycles. The van der Waals surface area contributed by atoms with Gasteiger partial charge in [-0.2, -0.15) is 0 Å². The Hall–Kier alpha value is -3.07. The van der Waals surface area contributed by atoms with Crippen molar-refractivity contribution in [1.82, 2.24) is 10.2 Å². The number of sulfonamides is 1. The molecule has 0 radical (unpaired) electrons. The Morgan fingerprint density at radius 2 is 1.74 bits per heavy atom. The lowest BCUT2D eigenvalue weighted by Crippen LogP contribution is -2.53. The summed E-state index contributed by atoms with van der Waals surface area (Å²) in [5.74, 6) is -0.416. The lowest BCUT2D eigenvalue weighted by molar-refractivity contribution is -0.140. The van der Waals surface area contributed by atoms with Crippen molar-refractivity contribution in [1.29, 1.82) is 0 Å². The van der Waals surface area contributed by atoms with E-state index in [1.165, 1.54) is 12.0 Å². The van der Waals surface area contributed by atoms with E-state index < -0.39 is 28.5 Å². The molecule has 2 rings (SSSR count). The van der Waals surface area contributed by atoms with Crippen molar-refractivity contribution in [3.05, 3.63) is 59.2 Å². The van der Waals surface area contributed by atoms with Gasteiger partial charge in [-0.05, 0) is 62.9 Å². The number of carbonyl (C=O) groups excluding carboxylic acids is 2. The highest BCUT2D eigenvalue weighted by Gasteiger charge is 2.33. The SMILES string of the molecule is CC[C@@H](C(=O)NC(C)C)N(Cc1ccccc1C)C(=O)CN(c1cc(C)ccc1OC)S(C)(=O)=O. The van der Waals surface area contributed by atoms with E-state index in [9.17, 15) is 18.0 Å². The predicted molar refractivity (Wildman–Crippen MR) is 139 cm³/mol. The van der Waals surface area contributed by atoms with E-state index in [1.807, 2.05) is 58.9 Å². The van der Waals surface area contributed by atoms with Crippen LogP contribution in [0.5, 0.6) is 5.75 Å². The van der Waals surface area contributed by atoms with Gasteiger partial charge >= 0.3 is 0 Å². The summed E-state index contributed by atoms with van der Waals surface area (Å²) in [4.78, 5) is 28.3. The predicted octanol–water partition coefficient (Wildman–Crippen LogP) is 3.41. The van der Waals surface area contributed by atoms with Crippen molar-refractivity contribution >= 4 is 27.5 Å². The highest BCUT2D eigenvalue weighted by molar-refractivity contribution is 7.92. The minimum atomic E-state index is -3.84. The Morgan fingerprint density at radius 1 is 1.09 bits per heavy atom. The molecule has 0 fully saturated rings. The van der Waals surface area contributed by atoms with Crippen LogP contribution in [0.4, 0.5) is 5.69 Å². The van der Waals surface area contributed by atoms with Crippen LogP contribution in [0.2, 0.25) is 0 Å². The Bertz CT molecular complexity index is 1150. The second-order valence-electron chi connectivity index (χ2n) is 8.98. The number of benzene rings is 2. The molecule has 0 bridgehead atoms. The van der Waals surface area contributed by atoms with Gasteiger partial charge in [0.15, 0.2) is 0 Å². The van der Waals surface area contributed by atoms with Gasteiger partial charge in [0.1, 0.15) is 18.3 Å². The van der Waals surface area contributed by atoms with E-state index in [4.69, 9.17) is 4.74 Å². The Kier molecular flexibility index (Phi) is 9.71. The molecule has 0 unspecified atom stereocenters. The van der Waals surface area contributed by atoms with Crippen molar-refractivity contribution in [3.63, 3.8) is 0 Å². The number of aryl methyl sites for hydroxylation is 2. The number of amides is 2. The highest BCUT2D eigenvalue weighted by atomic mass is 32.2. The van der Waals surface area contributed by atoms with Gasteiger partial charge in [-0.3, -0.25) is 13.9 Å². The summed E-state index contributed by atoms with van der Waals surface area (Å²) in [6.07, 6.45) is 1.43. The van der Waals surface area contributed by atoms with Gasteiger partial charge in [-0.1, -0.05) is 37.3 Å². The molecular formula is C26H37N3O5S. The van der Waals surface area contributed by atoms with E-state index in [0.29, 0.717) is 12.2 Å². The van der Waals surface area contributed by atoms with Crippen LogP contribution in [0.15, 0.2) is 42.5 Å². The molecule has 0 saturated carbocycles. The zero-order valence-corrected chi connectivity index (χ0v) is 22.5. The summed E-state index contributed by atoms with van der Waals surface area (Å²) >= 11 is 0. The molecule has 2 aromatic carbocycles. The van der Waals surface area contributed by atoms with Gasteiger partial charge < -0.3 is 15.0 Å². The third kappa shape index (κ3) is 7.45. The van der Waals surface area contributed by atoms with Gasteiger partial charge in [0, 0.05) is 12.6 Å². The number of carbonyl (C=O) groups is 2. The molecule has 0 aliphatic rings. The monoisotopic (exact) mass is 503 g/mol. The first kappa shape index (κ1) is 28.2. The van der Waals surface area contributed by atoms with Crippen molar-refractivity contribution in [2.45, 2.75) is 59.7 Å². The quantitative estimate of drug-likeness (QED) is 0.507. The molecule has 0 aliphatic carbocycles. The summed E-state index contributed by atoms with van der Waals surface area (Å²) < 4.78 is 32.1. The summed E-state index contributed by atoms with van der Waals surface area (Å²) in [7, 11) is -2.39. The normalized spacial score (nSPS) is 12.2. The van der Waals surface area contributed by atoms with Crippen LogP contribution >= 0.6 is 0 Å². The fraction of sp³-hybridized carbons (Fsp3) is 0.462. The van der Waals surface area contributed by atoms with Crippen LogP contribution in [0.25, 0.3) is 0 Å². The van der Waals surface area contributed by atoms with E-state index in [1.54, 1.807) is 18.2 Å². The first-order valence-corrected chi connectivity index (χ1v) is 13.5. The fourth-order valence-corrected chi connectivity index (χ4v) is 4.71. The largest absolute Gasteiger partial charge is 0.495 e. The van der Waals surface area contributed by atoms with Crippen molar-refractivity contribution in [2.24, 2.45) is 0 Å². The van der Waals surface area contributed by atoms with Crippen LogP contribution in [0.3, 0.4) is 0 Å². The van der Waals surface area contributed by atoms with Crippen LogP contribution in [-0.4, -0.2) is 57.1 Å². The Labute approximate surface area is 209 Å². The molecule has 35 heavy (non-hydrogen) atoms. The third-order valence-electron chi connectivity index (χ3n) is 5.70. The number of hydrogen-bond donors (Lipinski definition) is 1. The minimum absolute atomic E-state index is 0.101. The maximum atomic E-state index is 13.8. The molecule has 0 spiro atoms. The molecule has 2 aromatic rings. The summed E-state index contributed by atoms with van der Waals surface area (Å²) in [5.41, 5.74) is 2.96. The molecule has 1 atom stereocenters. The first-order valence-electron chi connectivity index (χ1n) is 11.7. The summed E-state index contributed by atoms with van der Waals surface area (Å²) in [6, 6.07) is 11.9. The second kappa shape index (κ2) is 12.1. The third-order valence-corrected chi connectivity index (χ3v) is 6.83. The molecule has 0 heterocycles. The minimum Gasteiger partial charge on any atom is -0.495 e. The van der Waals surface area contributed by atoms with Gasteiger partial charge in [0.25, 0.3) is 0 Å². The average Bonchev–Trinajstić information content (AvgIpc) is 2.77.